The lowest BCUT2D eigenvalue weighted by Crippen LogP contribution is -2.17. The van der Waals surface area contributed by atoms with Crippen molar-refractivity contribution < 1.29 is 24.5 Å². The molecular weight excluding hydrogens is 430 g/mol. The van der Waals surface area contributed by atoms with Gasteiger partial charge in [0.2, 0.25) is 5.91 Å². The maximum absolute atomic E-state index is 12.0. The molecule has 34 heavy (non-hydrogen) atoms. The summed E-state index contributed by atoms with van der Waals surface area (Å²) in [5.41, 5.74) is 5.58. The molecule has 6 nitrogen and oxygen atoms in total. The molecular formula is C28H29NO5. The summed E-state index contributed by atoms with van der Waals surface area (Å²) in [6.45, 7) is 4.00. The van der Waals surface area contributed by atoms with Crippen molar-refractivity contribution in [2.24, 2.45) is 0 Å². The van der Waals surface area contributed by atoms with Gasteiger partial charge in [-0.25, -0.2) is 0 Å². The van der Waals surface area contributed by atoms with Crippen molar-refractivity contribution in [2.75, 3.05) is 5.32 Å². The summed E-state index contributed by atoms with van der Waals surface area (Å²) >= 11 is 0. The molecule has 0 saturated heterocycles. The lowest BCUT2D eigenvalue weighted by molar-refractivity contribution is -0.139. The van der Waals surface area contributed by atoms with E-state index in [-0.39, 0.29) is 11.7 Å². The number of amides is 1. The van der Waals surface area contributed by atoms with Crippen molar-refractivity contribution in [3.05, 3.63) is 82.4 Å². The molecule has 6 heteroatoms. The van der Waals surface area contributed by atoms with Gasteiger partial charge in [-0.1, -0.05) is 37.3 Å². The maximum atomic E-state index is 12.0. The molecule has 1 unspecified atom stereocenters. The molecule has 3 aromatic rings. The van der Waals surface area contributed by atoms with Crippen molar-refractivity contribution in [3.8, 4) is 17.2 Å². The number of ether oxygens (including phenoxy) is 1. The van der Waals surface area contributed by atoms with Gasteiger partial charge in [0.1, 0.15) is 23.7 Å². The van der Waals surface area contributed by atoms with E-state index in [0.29, 0.717) is 11.4 Å². The standard InChI is InChI=1S/C28H29NO5/c1-17(13-19-7-4-3-5-8-19)23-15-20(11-12-25(23)30)34-28-18(2)14-24(21-9-6-10-22(21)28)29-26(31)16-27(32)33/h3-5,7-8,11-12,14-15,17,30H,6,9-10,13,16H2,1-2H3,(H,29,31)(H,32,33). The summed E-state index contributed by atoms with van der Waals surface area (Å²) in [6, 6.07) is 17.3. The molecule has 0 saturated carbocycles. The molecule has 3 N–H and O–H groups in total. The topological polar surface area (TPSA) is 95.9 Å². The van der Waals surface area contributed by atoms with E-state index in [1.165, 1.54) is 5.56 Å². The van der Waals surface area contributed by atoms with Crippen LogP contribution in [0.4, 0.5) is 5.69 Å². The molecule has 176 valence electrons. The Morgan fingerprint density at radius 3 is 2.53 bits per heavy atom. The van der Waals surface area contributed by atoms with Crippen LogP contribution in [0.5, 0.6) is 17.2 Å². The zero-order valence-corrected chi connectivity index (χ0v) is 19.4. The number of aryl methyl sites for hydroxylation is 1. The second-order valence-electron chi connectivity index (χ2n) is 8.91. The van der Waals surface area contributed by atoms with Crippen molar-refractivity contribution in [1.29, 1.82) is 0 Å². The van der Waals surface area contributed by atoms with Crippen LogP contribution in [0.1, 0.15) is 53.5 Å². The van der Waals surface area contributed by atoms with Crippen molar-refractivity contribution >= 4 is 17.6 Å². The number of phenols is 1. The smallest absolute Gasteiger partial charge is 0.312 e. The lowest BCUT2D eigenvalue weighted by Gasteiger charge is -2.19. The Labute approximate surface area is 199 Å². The minimum Gasteiger partial charge on any atom is -0.508 e. The molecule has 1 amide bonds. The van der Waals surface area contributed by atoms with E-state index in [4.69, 9.17) is 9.84 Å². The van der Waals surface area contributed by atoms with Crippen LogP contribution in [0.3, 0.4) is 0 Å². The number of rotatable bonds is 8. The number of carboxylic acid groups (broad SMARTS) is 1. The number of phenolic OH excluding ortho intramolecular Hbond substituents is 1. The summed E-state index contributed by atoms with van der Waals surface area (Å²) in [7, 11) is 0. The number of carbonyl (C=O) groups excluding carboxylic acids is 1. The summed E-state index contributed by atoms with van der Waals surface area (Å²) in [5, 5.41) is 22.1. The first-order valence-electron chi connectivity index (χ1n) is 11.5. The first-order chi connectivity index (χ1) is 16.3. The largest absolute Gasteiger partial charge is 0.508 e. The van der Waals surface area contributed by atoms with E-state index in [1.807, 2.05) is 37.3 Å². The van der Waals surface area contributed by atoms with Crippen LogP contribution >= 0.6 is 0 Å². The molecule has 0 bridgehead atoms. The van der Waals surface area contributed by atoms with E-state index in [2.05, 4.69) is 24.4 Å². The van der Waals surface area contributed by atoms with Crippen LogP contribution < -0.4 is 10.1 Å². The Kier molecular flexibility index (Phi) is 6.87. The molecule has 0 spiro atoms. The van der Waals surface area contributed by atoms with Crippen LogP contribution in [-0.4, -0.2) is 22.1 Å². The third kappa shape index (κ3) is 5.22. The van der Waals surface area contributed by atoms with Gasteiger partial charge >= 0.3 is 5.97 Å². The van der Waals surface area contributed by atoms with E-state index in [9.17, 15) is 14.7 Å². The Hall–Kier alpha value is -3.80. The quantitative estimate of drug-likeness (QED) is 0.373. The summed E-state index contributed by atoms with van der Waals surface area (Å²) < 4.78 is 6.35. The normalized spacial score (nSPS) is 13.2. The number of carboxylic acids is 1. The Morgan fingerprint density at radius 1 is 1.06 bits per heavy atom. The number of anilines is 1. The van der Waals surface area contributed by atoms with Gasteiger partial charge < -0.3 is 20.3 Å². The number of carbonyl (C=O) groups is 2. The van der Waals surface area contributed by atoms with Crippen molar-refractivity contribution in [1.82, 2.24) is 0 Å². The third-order valence-electron chi connectivity index (χ3n) is 6.26. The zero-order valence-electron chi connectivity index (χ0n) is 19.4. The fourth-order valence-corrected chi connectivity index (χ4v) is 4.67. The molecule has 0 radical (unpaired) electrons. The predicted octanol–water partition coefficient (Wildman–Crippen LogP) is 5.74. The fourth-order valence-electron chi connectivity index (χ4n) is 4.67. The van der Waals surface area contributed by atoms with Crippen LogP contribution in [0, 0.1) is 6.92 Å². The molecule has 1 aliphatic rings. The first-order valence-corrected chi connectivity index (χ1v) is 11.5. The predicted molar refractivity (Wildman–Crippen MR) is 131 cm³/mol. The van der Waals surface area contributed by atoms with Crippen molar-refractivity contribution in [2.45, 2.75) is 51.9 Å². The molecule has 4 rings (SSSR count). The van der Waals surface area contributed by atoms with Crippen LogP contribution in [0.2, 0.25) is 0 Å². The molecule has 0 heterocycles. The highest BCUT2D eigenvalue weighted by atomic mass is 16.5. The summed E-state index contributed by atoms with van der Waals surface area (Å²) in [4.78, 5) is 22.9. The monoisotopic (exact) mass is 459 g/mol. The number of aromatic hydroxyl groups is 1. The number of benzene rings is 3. The molecule has 1 aliphatic carbocycles. The second kappa shape index (κ2) is 10.00. The molecule has 1 atom stereocenters. The minimum absolute atomic E-state index is 0.101. The number of aliphatic carboxylic acids is 1. The van der Waals surface area contributed by atoms with Gasteiger partial charge in [0.15, 0.2) is 0 Å². The van der Waals surface area contributed by atoms with E-state index in [0.717, 1.165) is 53.7 Å². The highest BCUT2D eigenvalue weighted by Gasteiger charge is 2.24. The third-order valence-corrected chi connectivity index (χ3v) is 6.26. The zero-order chi connectivity index (χ0) is 24.2. The molecule has 3 aromatic carbocycles. The average Bonchev–Trinajstić information content (AvgIpc) is 3.28. The Bertz CT molecular complexity index is 1220. The van der Waals surface area contributed by atoms with Crippen molar-refractivity contribution in [3.63, 3.8) is 0 Å². The number of hydrogen-bond donors (Lipinski definition) is 3. The second-order valence-corrected chi connectivity index (χ2v) is 8.91. The number of nitrogens with one attached hydrogen (secondary N) is 1. The fraction of sp³-hybridized carbons (Fsp3) is 0.286. The Balaban J connectivity index is 1.59. The SMILES string of the molecule is Cc1cc(NC(=O)CC(=O)O)c2c(c1Oc1ccc(O)c(C(C)Cc3ccccc3)c1)CCC2. The highest BCUT2D eigenvalue weighted by Crippen LogP contribution is 2.42. The minimum atomic E-state index is -1.16. The summed E-state index contributed by atoms with van der Waals surface area (Å²) in [5.74, 6) is 0.0585. The Morgan fingerprint density at radius 2 is 1.79 bits per heavy atom. The van der Waals surface area contributed by atoms with Gasteiger partial charge in [0.05, 0.1) is 0 Å². The molecule has 0 aromatic heterocycles. The van der Waals surface area contributed by atoms with Crippen LogP contribution in [0.25, 0.3) is 0 Å². The van der Waals surface area contributed by atoms with Gasteiger partial charge in [-0.2, -0.15) is 0 Å². The van der Waals surface area contributed by atoms with E-state index in [1.54, 1.807) is 12.1 Å². The number of hydrogen-bond acceptors (Lipinski definition) is 4. The summed E-state index contributed by atoms with van der Waals surface area (Å²) in [6.07, 6.45) is 2.79. The van der Waals surface area contributed by atoms with Gasteiger partial charge in [-0.15, -0.1) is 0 Å². The first kappa shape index (κ1) is 23.4. The highest BCUT2D eigenvalue weighted by molar-refractivity contribution is 6.02. The maximum Gasteiger partial charge on any atom is 0.312 e. The lowest BCUT2D eigenvalue weighted by atomic mass is 9.93. The van der Waals surface area contributed by atoms with Crippen LogP contribution in [-0.2, 0) is 28.9 Å². The average molecular weight is 460 g/mol. The molecule has 0 fully saturated rings. The molecule has 0 aliphatic heterocycles. The van der Waals surface area contributed by atoms with Crippen LogP contribution in [0.15, 0.2) is 54.6 Å². The van der Waals surface area contributed by atoms with E-state index < -0.39 is 18.3 Å². The van der Waals surface area contributed by atoms with E-state index >= 15 is 0 Å². The van der Waals surface area contributed by atoms with Gasteiger partial charge in [-0.05, 0) is 79.5 Å². The van der Waals surface area contributed by atoms with Gasteiger partial charge in [0.25, 0.3) is 0 Å². The van der Waals surface area contributed by atoms with Gasteiger partial charge in [0, 0.05) is 16.8 Å². The van der Waals surface area contributed by atoms with Gasteiger partial charge in [-0.3, -0.25) is 9.59 Å². The number of fused-ring (bicyclic) bond motifs is 1.